The SMILES string of the molecule is CC/C=C\C/C=C\C/C=C\C/C=C\C/C=C\CCCCCCCCCC(=O)OC(CO)COCCCCCC/C=C\C/C=C\C/C=C\C/C=C\C/C=C\CC. The van der Waals surface area contributed by atoms with Crippen molar-refractivity contribution in [2.75, 3.05) is 19.8 Å². The summed E-state index contributed by atoms with van der Waals surface area (Å²) in [6.45, 7) is 5.03. The van der Waals surface area contributed by atoms with Crippen LogP contribution >= 0.6 is 0 Å². The van der Waals surface area contributed by atoms with Gasteiger partial charge in [-0.05, 0) is 103 Å². The van der Waals surface area contributed by atoms with Gasteiger partial charge in [-0.15, -0.1) is 0 Å². The molecule has 0 aromatic carbocycles. The lowest BCUT2D eigenvalue weighted by Gasteiger charge is -2.15. The van der Waals surface area contributed by atoms with Crippen LogP contribution in [0.25, 0.3) is 0 Å². The molecule has 0 spiro atoms. The first-order valence-corrected chi connectivity index (χ1v) is 22.1. The Hall–Kier alpha value is -3.21. The Bertz CT molecular complexity index is 1110. The third-order valence-corrected chi connectivity index (χ3v) is 8.78. The van der Waals surface area contributed by atoms with Crippen LogP contribution in [0.2, 0.25) is 0 Å². The molecule has 0 radical (unpaired) electrons. The molecule has 0 amide bonds. The zero-order valence-electron chi connectivity index (χ0n) is 35.4. The van der Waals surface area contributed by atoms with Crippen LogP contribution in [-0.2, 0) is 14.3 Å². The van der Waals surface area contributed by atoms with Gasteiger partial charge in [-0.1, -0.05) is 180 Å². The zero-order valence-corrected chi connectivity index (χ0v) is 35.4. The van der Waals surface area contributed by atoms with Gasteiger partial charge in [-0.2, -0.15) is 0 Å². The number of carbonyl (C=O) groups is 1. The molecule has 0 fully saturated rings. The number of aliphatic hydroxyl groups excluding tert-OH is 1. The van der Waals surface area contributed by atoms with Crippen molar-refractivity contribution >= 4 is 5.97 Å². The molecule has 0 aromatic heterocycles. The minimum Gasteiger partial charge on any atom is -0.457 e. The first kappa shape index (κ1) is 51.8. The largest absolute Gasteiger partial charge is 0.457 e. The zero-order chi connectivity index (χ0) is 39.8. The summed E-state index contributed by atoms with van der Waals surface area (Å²) in [5.74, 6) is -0.227. The molecule has 0 aliphatic carbocycles. The van der Waals surface area contributed by atoms with E-state index in [2.05, 4.69) is 135 Å². The van der Waals surface area contributed by atoms with Crippen LogP contribution in [0.4, 0.5) is 0 Å². The van der Waals surface area contributed by atoms with Crippen LogP contribution in [0, 0.1) is 0 Å². The van der Waals surface area contributed by atoms with E-state index in [0.717, 1.165) is 109 Å². The van der Waals surface area contributed by atoms with Gasteiger partial charge in [0.2, 0.25) is 0 Å². The average Bonchev–Trinajstić information content (AvgIpc) is 3.19. The smallest absolute Gasteiger partial charge is 0.306 e. The summed E-state index contributed by atoms with van der Waals surface area (Å²) < 4.78 is 11.1. The van der Waals surface area contributed by atoms with E-state index >= 15 is 0 Å². The molecule has 4 nitrogen and oxygen atoms in total. The van der Waals surface area contributed by atoms with Crippen molar-refractivity contribution in [3.8, 4) is 0 Å². The number of hydrogen-bond acceptors (Lipinski definition) is 4. The molecule has 4 heteroatoms. The van der Waals surface area contributed by atoms with E-state index in [9.17, 15) is 9.90 Å². The topological polar surface area (TPSA) is 55.8 Å². The summed E-state index contributed by atoms with van der Waals surface area (Å²) in [6.07, 6.45) is 69.7. The van der Waals surface area contributed by atoms with E-state index < -0.39 is 6.10 Å². The molecule has 310 valence electrons. The number of allylic oxidation sites excluding steroid dienone is 20. The van der Waals surface area contributed by atoms with Crippen LogP contribution in [-0.4, -0.2) is 37.0 Å². The first-order chi connectivity index (χ1) is 27.2. The third-order valence-electron chi connectivity index (χ3n) is 8.78. The number of aliphatic hydroxyl groups is 1. The molecule has 0 heterocycles. The Morgan fingerprint density at radius 2 is 0.764 bits per heavy atom. The lowest BCUT2D eigenvalue weighted by atomic mass is 10.1. The fourth-order valence-electron chi connectivity index (χ4n) is 5.56. The minimum atomic E-state index is -0.564. The number of carbonyl (C=O) groups excluding carboxylic acids is 1. The predicted octanol–water partition coefficient (Wildman–Crippen LogP) is 14.9. The van der Waals surface area contributed by atoms with Gasteiger partial charge in [0.15, 0.2) is 0 Å². The fraction of sp³-hybridized carbons (Fsp3) is 0.588. The lowest BCUT2D eigenvalue weighted by molar-refractivity contribution is -0.154. The Morgan fingerprint density at radius 1 is 0.436 bits per heavy atom. The average molecular weight is 759 g/mol. The number of ether oxygens (including phenoxy) is 2. The molecular formula is C51H82O4. The van der Waals surface area contributed by atoms with Crippen LogP contribution in [0.1, 0.15) is 168 Å². The predicted molar refractivity (Wildman–Crippen MR) is 241 cm³/mol. The maximum atomic E-state index is 12.2. The van der Waals surface area contributed by atoms with Crippen LogP contribution in [0.5, 0.6) is 0 Å². The molecule has 0 saturated heterocycles. The van der Waals surface area contributed by atoms with E-state index in [1.165, 1.54) is 38.5 Å². The standard InChI is InChI=1S/C51H82O4/c1-3-5-7-9-11-13-15-17-19-21-23-25-26-27-28-30-32-34-36-38-40-42-44-46-51(53)55-50(48-52)49-54-47-45-43-41-39-37-35-33-31-29-24-22-20-18-16-14-12-10-8-6-4-2/h5-8,11-14,17-20,23-25,27-29,33,35,50,52H,3-4,9-10,15-16,21-22,26,30-32,34,36-49H2,1-2H3/b7-5-,8-6-,13-11-,14-12-,19-17-,20-18-,25-23-,28-27-,29-24-,35-33-. The van der Waals surface area contributed by atoms with Gasteiger partial charge in [0.1, 0.15) is 6.10 Å². The second-order valence-corrected chi connectivity index (χ2v) is 14.0. The van der Waals surface area contributed by atoms with Gasteiger partial charge < -0.3 is 14.6 Å². The Morgan fingerprint density at radius 3 is 1.15 bits per heavy atom. The lowest BCUT2D eigenvalue weighted by Crippen LogP contribution is -2.27. The van der Waals surface area contributed by atoms with E-state index in [-0.39, 0.29) is 19.2 Å². The van der Waals surface area contributed by atoms with Crippen molar-refractivity contribution < 1.29 is 19.4 Å². The number of unbranched alkanes of at least 4 members (excludes halogenated alkanes) is 11. The minimum absolute atomic E-state index is 0.196. The molecule has 0 bridgehead atoms. The van der Waals surface area contributed by atoms with E-state index in [4.69, 9.17) is 9.47 Å². The summed E-state index contributed by atoms with van der Waals surface area (Å²) in [4.78, 5) is 12.2. The van der Waals surface area contributed by atoms with Crippen LogP contribution in [0.3, 0.4) is 0 Å². The van der Waals surface area contributed by atoms with Crippen molar-refractivity contribution in [3.63, 3.8) is 0 Å². The maximum Gasteiger partial charge on any atom is 0.306 e. The van der Waals surface area contributed by atoms with E-state index in [0.29, 0.717) is 13.0 Å². The fourth-order valence-corrected chi connectivity index (χ4v) is 5.56. The molecule has 1 unspecified atom stereocenters. The van der Waals surface area contributed by atoms with Gasteiger partial charge in [-0.25, -0.2) is 0 Å². The normalized spacial score (nSPS) is 13.6. The van der Waals surface area contributed by atoms with Gasteiger partial charge >= 0.3 is 5.97 Å². The van der Waals surface area contributed by atoms with Crippen molar-refractivity contribution in [2.24, 2.45) is 0 Å². The highest BCUT2D eigenvalue weighted by Crippen LogP contribution is 2.11. The summed E-state index contributed by atoms with van der Waals surface area (Å²) in [6, 6.07) is 0. The van der Waals surface area contributed by atoms with Gasteiger partial charge in [0.05, 0.1) is 13.2 Å². The van der Waals surface area contributed by atoms with Gasteiger partial charge in [0.25, 0.3) is 0 Å². The summed E-state index contributed by atoms with van der Waals surface area (Å²) in [5, 5.41) is 9.62. The third kappa shape index (κ3) is 45.1. The summed E-state index contributed by atoms with van der Waals surface area (Å²) in [7, 11) is 0. The molecule has 0 aliphatic heterocycles. The van der Waals surface area contributed by atoms with Gasteiger partial charge in [-0.3, -0.25) is 4.79 Å². The van der Waals surface area contributed by atoms with Crippen molar-refractivity contribution in [3.05, 3.63) is 122 Å². The molecular weight excluding hydrogens is 677 g/mol. The summed E-state index contributed by atoms with van der Waals surface area (Å²) in [5.41, 5.74) is 0. The highest BCUT2D eigenvalue weighted by molar-refractivity contribution is 5.69. The Kier molecular flexibility index (Phi) is 44.2. The molecule has 55 heavy (non-hydrogen) atoms. The van der Waals surface area contributed by atoms with Gasteiger partial charge in [0, 0.05) is 13.0 Å². The first-order valence-electron chi connectivity index (χ1n) is 22.1. The number of hydrogen-bond donors (Lipinski definition) is 1. The summed E-state index contributed by atoms with van der Waals surface area (Å²) >= 11 is 0. The van der Waals surface area contributed by atoms with E-state index in [1.54, 1.807) is 0 Å². The monoisotopic (exact) mass is 759 g/mol. The second kappa shape index (κ2) is 46.9. The van der Waals surface area contributed by atoms with Crippen LogP contribution in [0.15, 0.2) is 122 Å². The van der Waals surface area contributed by atoms with Crippen LogP contribution < -0.4 is 0 Å². The second-order valence-electron chi connectivity index (χ2n) is 14.0. The molecule has 0 aromatic rings. The maximum absolute atomic E-state index is 12.2. The quantitative estimate of drug-likeness (QED) is 0.0385. The molecule has 0 rings (SSSR count). The molecule has 0 aliphatic rings. The van der Waals surface area contributed by atoms with Crippen molar-refractivity contribution in [1.82, 2.24) is 0 Å². The highest BCUT2D eigenvalue weighted by Gasteiger charge is 2.13. The molecule has 1 N–H and O–H groups in total. The molecule has 1 atom stereocenters. The van der Waals surface area contributed by atoms with Crippen molar-refractivity contribution in [1.29, 1.82) is 0 Å². The Balaban J connectivity index is 3.58. The Labute approximate surface area is 339 Å². The van der Waals surface area contributed by atoms with E-state index in [1.807, 2.05) is 0 Å². The highest BCUT2D eigenvalue weighted by atomic mass is 16.6. The molecule has 0 saturated carbocycles. The number of rotatable bonds is 39. The number of esters is 1. The van der Waals surface area contributed by atoms with Crippen molar-refractivity contribution in [2.45, 2.75) is 174 Å².